The lowest BCUT2D eigenvalue weighted by Gasteiger charge is -2.17. The first-order valence-corrected chi connectivity index (χ1v) is 9.19. The fourth-order valence-electron chi connectivity index (χ4n) is 2.44. The summed E-state index contributed by atoms with van der Waals surface area (Å²) in [5, 5.41) is 5.47. The van der Waals surface area contributed by atoms with E-state index < -0.39 is 0 Å². The van der Waals surface area contributed by atoms with E-state index in [2.05, 4.69) is 29.0 Å². The largest absolute Gasteiger partial charge is 0.493 e. The molecule has 1 aromatic heterocycles. The third kappa shape index (κ3) is 4.93. The molecule has 0 bridgehead atoms. The standard InChI is InChI=1S/C18H25N3O3S/c1-5-21(6-2)10-9-19-17(22)14-12-25-18(20-14)13-7-8-15(23-3)16(11-13)24-4/h7-8,11-12H,5-6,9-10H2,1-4H3,(H,19,22). The second-order valence-corrected chi connectivity index (χ2v) is 6.25. The SMILES string of the molecule is CCN(CC)CCNC(=O)c1csc(-c2ccc(OC)c(OC)c2)n1. The number of rotatable bonds is 9. The van der Waals surface area contributed by atoms with Gasteiger partial charge in [0.05, 0.1) is 14.2 Å². The van der Waals surface area contributed by atoms with Crippen LogP contribution in [0.3, 0.4) is 0 Å². The van der Waals surface area contributed by atoms with Crippen LogP contribution in [0, 0.1) is 0 Å². The van der Waals surface area contributed by atoms with Gasteiger partial charge >= 0.3 is 0 Å². The van der Waals surface area contributed by atoms with Gasteiger partial charge in [0.25, 0.3) is 5.91 Å². The highest BCUT2D eigenvalue weighted by atomic mass is 32.1. The summed E-state index contributed by atoms with van der Waals surface area (Å²) in [5.74, 6) is 1.16. The molecule has 0 aliphatic carbocycles. The highest BCUT2D eigenvalue weighted by Gasteiger charge is 2.13. The summed E-state index contributed by atoms with van der Waals surface area (Å²) in [6, 6.07) is 5.60. The summed E-state index contributed by atoms with van der Waals surface area (Å²) in [4.78, 5) is 18.9. The van der Waals surface area contributed by atoms with E-state index in [0.717, 1.165) is 30.2 Å². The number of nitrogens with one attached hydrogen (secondary N) is 1. The van der Waals surface area contributed by atoms with Crippen LogP contribution in [-0.4, -0.2) is 56.2 Å². The zero-order valence-electron chi connectivity index (χ0n) is 15.2. The number of thiazole rings is 1. The molecule has 1 amide bonds. The fraction of sp³-hybridized carbons (Fsp3) is 0.444. The second-order valence-electron chi connectivity index (χ2n) is 5.39. The number of carbonyl (C=O) groups excluding carboxylic acids is 1. The van der Waals surface area contributed by atoms with Gasteiger partial charge in [0.1, 0.15) is 10.7 Å². The van der Waals surface area contributed by atoms with Gasteiger partial charge in [-0.3, -0.25) is 4.79 Å². The molecule has 0 fully saturated rings. The van der Waals surface area contributed by atoms with Crippen LogP contribution in [0.4, 0.5) is 0 Å². The van der Waals surface area contributed by atoms with Crippen LogP contribution < -0.4 is 14.8 Å². The fourth-order valence-corrected chi connectivity index (χ4v) is 3.23. The molecule has 0 spiro atoms. The Kier molecular flexibility index (Phi) is 7.21. The molecule has 0 saturated heterocycles. The van der Waals surface area contributed by atoms with Gasteiger partial charge in [0.15, 0.2) is 11.5 Å². The summed E-state index contributed by atoms with van der Waals surface area (Å²) in [7, 11) is 3.19. The molecule has 0 aliphatic heterocycles. The van der Waals surface area contributed by atoms with Crippen molar-refractivity contribution < 1.29 is 14.3 Å². The van der Waals surface area contributed by atoms with Crippen LogP contribution in [0.2, 0.25) is 0 Å². The van der Waals surface area contributed by atoms with Gasteiger partial charge in [-0.25, -0.2) is 4.98 Å². The predicted molar refractivity (Wildman–Crippen MR) is 101 cm³/mol. The van der Waals surface area contributed by atoms with Crippen molar-refractivity contribution in [2.45, 2.75) is 13.8 Å². The molecule has 6 nitrogen and oxygen atoms in total. The Bertz CT molecular complexity index is 699. The van der Waals surface area contributed by atoms with Crippen molar-refractivity contribution in [1.82, 2.24) is 15.2 Å². The summed E-state index contributed by atoms with van der Waals surface area (Å²) in [5.41, 5.74) is 1.33. The average Bonchev–Trinajstić information content (AvgIpc) is 3.14. The number of methoxy groups -OCH3 is 2. The first kappa shape index (κ1) is 19.2. The van der Waals surface area contributed by atoms with Gasteiger partial charge in [0, 0.05) is 24.0 Å². The van der Waals surface area contributed by atoms with Crippen molar-refractivity contribution in [3.8, 4) is 22.1 Å². The third-order valence-electron chi connectivity index (χ3n) is 3.98. The maximum atomic E-state index is 12.2. The van der Waals surface area contributed by atoms with Crippen LogP contribution in [-0.2, 0) is 0 Å². The van der Waals surface area contributed by atoms with E-state index in [4.69, 9.17) is 9.47 Å². The van der Waals surface area contributed by atoms with E-state index in [1.807, 2.05) is 18.2 Å². The van der Waals surface area contributed by atoms with Crippen LogP contribution in [0.5, 0.6) is 11.5 Å². The molecule has 7 heteroatoms. The molecule has 0 aliphatic rings. The van der Waals surface area contributed by atoms with Crippen molar-refractivity contribution in [3.63, 3.8) is 0 Å². The first-order chi connectivity index (χ1) is 12.1. The average molecular weight is 363 g/mol. The molecule has 0 saturated carbocycles. The summed E-state index contributed by atoms with van der Waals surface area (Å²) >= 11 is 1.43. The van der Waals surface area contributed by atoms with Crippen molar-refractivity contribution in [2.75, 3.05) is 40.4 Å². The van der Waals surface area contributed by atoms with E-state index >= 15 is 0 Å². The maximum absolute atomic E-state index is 12.2. The van der Waals surface area contributed by atoms with E-state index in [-0.39, 0.29) is 5.91 Å². The molecule has 1 aromatic carbocycles. The van der Waals surface area contributed by atoms with Crippen LogP contribution in [0.15, 0.2) is 23.6 Å². The number of hydrogen-bond donors (Lipinski definition) is 1. The Labute approximate surface area is 152 Å². The Morgan fingerprint density at radius 2 is 1.92 bits per heavy atom. The number of aromatic nitrogens is 1. The number of likely N-dealkylation sites (N-methyl/N-ethyl adjacent to an activating group) is 1. The van der Waals surface area contributed by atoms with Crippen LogP contribution >= 0.6 is 11.3 Å². The van der Waals surface area contributed by atoms with Gasteiger partial charge in [-0.05, 0) is 31.3 Å². The molecule has 0 unspecified atom stereocenters. The Morgan fingerprint density at radius 1 is 1.20 bits per heavy atom. The van der Waals surface area contributed by atoms with Crippen molar-refractivity contribution in [3.05, 3.63) is 29.3 Å². The van der Waals surface area contributed by atoms with Crippen molar-refractivity contribution >= 4 is 17.2 Å². The van der Waals surface area contributed by atoms with E-state index in [1.54, 1.807) is 19.6 Å². The molecular formula is C18H25N3O3S. The Balaban J connectivity index is 2.03. The monoisotopic (exact) mass is 363 g/mol. The number of benzene rings is 1. The third-order valence-corrected chi connectivity index (χ3v) is 4.87. The summed E-state index contributed by atoms with van der Waals surface area (Å²) in [6.45, 7) is 7.64. The summed E-state index contributed by atoms with van der Waals surface area (Å²) in [6.07, 6.45) is 0. The first-order valence-electron chi connectivity index (χ1n) is 8.31. The van der Waals surface area contributed by atoms with E-state index in [0.29, 0.717) is 23.7 Å². The minimum Gasteiger partial charge on any atom is -0.493 e. The van der Waals surface area contributed by atoms with Crippen LogP contribution in [0.1, 0.15) is 24.3 Å². The molecule has 25 heavy (non-hydrogen) atoms. The van der Waals surface area contributed by atoms with Crippen LogP contribution in [0.25, 0.3) is 10.6 Å². The quantitative estimate of drug-likeness (QED) is 0.742. The lowest BCUT2D eigenvalue weighted by molar-refractivity contribution is 0.0944. The molecule has 0 atom stereocenters. The normalized spacial score (nSPS) is 10.8. The molecule has 136 valence electrons. The number of ether oxygens (including phenoxy) is 2. The highest BCUT2D eigenvalue weighted by Crippen LogP contribution is 2.33. The number of carbonyl (C=O) groups is 1. The lowest BCUT2D eigenvalue weighted by Crippen LogP contribution is -2.34. The van der Waals surface area contributed by atoms with Gasteiger partial charge in [-0.15, -0.1) is 11.3 Å². The van der Waals surface area contributed by atoms with Gasteiger partial charge in [-0.1, -0.05) is 13.8 Å². The van der Waals surface area contributed by atoms with Crippen molar-refractivity contribution in [1.29, 1.82) is 0 Å². The number of nitrogens with zero attached hydrogens (tertiary/aromatic N) is 2. The predicted octanol–water partition coefficient (Wildman–Crippen LogP) is 2.90. The van der Waals surface area contributed by atoms with Gasteiger partial charge in [0.2, 0.25) is 0 Å². The molecule has 2 aromatic rings. The zero-order chi connectivity index (χ0) is 18.2. The molecule has 2 rings (SSSR count). The molecule has 1 N–H and O–H groups in total. The molecule has 1 heterocycles. The van der Waals surface area contributed by atoms with Gasteiger partial charge in [-0.2, -0.15) is 0 Å². The minimum atomic E-state index is -0.143. The van der Waals surface area contributed by atoms with E-state index in [1.165, 1.54) is 11.3 Å². The molecule has 0 radical (unpaired) electrons. The molecular weight excluding hydrogens is 338 g/mol. The number of amides is 1. The number of hydrogen-bond acceptors (Lipinski definition) is 6. The van der Waals surface area contributed by atoms with E-state index in [9.17, 15) is 4.79 Å². The Morgan fingerprint density at radius 3 is 2.56 bits per heavy atom. The van der Waals surface area contributed by atoms with Gasteiger partial charge < -0.3 is 19.7 Å². The summed E-state index contributed by atoms with van der Waals surface area (Å²) < 4.78 is 10.6. The Hall–Kier alpha value is -2.12. The second kappa shape index (κ2) is 9.39. The smallest absolute Gasteiger partial charge is 0.270 e. The lowest BCUT2D eigenvalue weighted by atomic mass is 10.2. The highest BCUT2D eigenvalue weighted by molar-refractivity contribution is 7.13. The minimum absolute atomic E-state index is 0.143. The maximum Gasteiger partial charge on any atom is 0.270 e. The topological polar surface area (TPSA) is 63.7 Å². The zero-order valence-corrected chi connectivity index (χ0v) is 16.0. The van der Waals surface area contributed by atoms with Crippen molar-refractivity contribution in [2.24, 2.45) is 0 Å².